The van der Waals surface area contributed by atoms with Crippen LogP contribution in [-0.2, 0) is 6.54 Å². The maximum atomic E-state index is 12.0. The number of halogens is 1. The third-order valence-electron chi connectivity index (χ3n) is 3.20. The largest absolute Gasteiger partial charge is 0.291 e. The lowest BCUT2D eigenvalue weighted by atomic mass is 10.2. The van der Waals surface area contributed by atoms with E-state index in [0.717, 1.165) is 11.1 Å². The maximum Gasteiger partial charge on any atom is 0.291 e. The Labute approximate surface area is 143 Å². The summed E-state index contributed by atoms with van der Waals surface area (Å²) in [5.41, 5.74) is 4.58. The van der Waals surface area contributed by atoms with Gasteiger partial charge in [0.05, 0.1) is 12.8 Å². The molecule has 2 aromatic heterocycles. The number of nitrogens with one attached hydrogen (secondary N) is 1. The molecule has 6 nitrogen and oxygen atoms in total. The number of carbonyl (C=O) groups is 1. The summed E-state index contributed by atoms with van der Waals surface area (Å²) in [6.07, 6.45) is 6.59. The zero-order valence-electron chi connectivity index (χ0n) is 12.6. The third kappa shape index (κ3) is 4.27. The zero-order valence-corrected chi connectivity index (χ0v) is 13.4. The first-order valence-corrected chi connectivity index (χ1v) is 7.60. The summed E-state index contributed by atoms with van der Waals surface area (Å²) in [7, 11) is 0. The van der Waals surface area contributed by atoms with E-state index in [1.807, 2.05) is 30.3 Å². The van der Waals surface area contributed by atoms with Crippen LogP contribution in [-0.4, -0.2) is 26.9 Å². The number of aromatic nitrogens is 3. The Bertz CT molecular complexity index is 843. The van der Waals surface area contributed by atoms with Crippen molar-refractivity contribution in [3.05, 3.63) is 82.9 Å². The van der Waals surface area contributed by atoms with Crippen LogP contribution in [0.5, 0.6) is 0 Å². The van der Waals surface area contributed by atoms with Gasteiger partial charge in [-0.3, -0.25) is 14.5 Å². The number of carbonyl (C=O) groups excluding carboxylic acids is 1. The highest BCUT2D eigenvalue weighted by molar-refractivity contribution is 6.30. The second-order valence-corrected chi connectivity index (χ2v) is 5.45. The molecule has 120 valence electrons. The fraction of sp³-hybridized carbons (Fsp3) is 0.0588. The quantitative estimate of drug-likeness (QED) is 0.574. The molecule has 0 saturated carbocycles. The Kier molecular flexibility index (Phi) is 4.98. The van der Waals surface area contributed by atoms with Crippen LogP contribution in [0.15, 0.2) is 66.2 Å². The van der Waals surface area contributed by atoms with E-state index in [4.69, 9.17) is 11.6 Å². The topological polar surface area (TPSA) is 72.2 Å². The first-order chi connectivity index (χ1) is 11.7. The molecule has 1 aromatic carbocycles. The van der Waals surface area contributed by atoms with Gasteiger partial charge in [0.25, 0.3) is 5.91 Å². The molecule has 0 aliphatic rings. The van der Waals surface area contributed by atoms with Gasteiger partial charge in [-0.15, -0.1) is 0 Å². The Morgan fingerprint density at radius 2 is 2.08 bits per heavy atom. The van der Waals surface area contributed by atoms with Gasteiger partial charge in [0.15, 0.2) is 5.69 Å². The molecule has 3 rings (SSSR count). The van der Waals surface area contributed by atoms with Crippen LogP contribution in [0.2, 0.25) is 5.02 Å². The fourth-order valence-corrected chi connectivity index (χ4v) is 2.15. The monoisotopic (exact) mass is 339 g/mol. The van der Waals surface area contributed by atoms with Gasteiger partial charge in [0.2, 0.25) is 0 Å². The molecule has 0 aliphatic heterocycles. The molecule has 0 radical (unpaired) electrons. The van der Waals surface area contributed by atoms with E-state index in [1.54, 1.807) is 35.4 Å². The van der Waals surface area contributed by atoms with Gasteiger partial charge in [0.1, 0.15) is 0 Å². The van der Waals surface area contributed by atoms with Gasteiger partial charge in [-0.2, -0.15) is 10.2 Å². The molecule has 1 amide bonds. The van der Waals surface area contributed by atoms with Crippen molar-refractivity contribution in [1.29, 1.82) is 0 Å². The van der Waals surface area contributed by atoms with Crippen molar-refractivity contribution in [3.8, 4) is 0 Å². The highest BCUT2D eigenvalue weighted by Gasteiger charge is 2.08. The second-order valence-electron chi connectivity index (χ2n) is 5.01. The van der Waals surface area contributed by atoms with E-state index in [-0.39, 0.29) is 5.91 Å². The summed E-state index contributed by atoms with van der Waals surface area (Å²) < 4.78 is 1.68. The number of nitrogens with zero attached hydrogens (tertiary/aromatic N) is 4. The molecule has 1 N–H and O–H groups in total. The van der Waals surface area contributed by atoms with Crippen LogP contribution in [0.1, 0.15) is 21.6 Å². The molecule has 24 heavy (non-hydrogen) atoms. The molecule has 0 spiro atoms. The van der Waals surface area contributed by atoms with E-state index in [9.17, 15) is 4.79 Å². The molecule has 2 heterocycles. The second kappa shape index (κ2) is 7.52. The number of hydrogen-bond acceptors (Lipinski definition) is 4. The van der Waals surface area contributed by atoms with Crippen molar-refractivity contribution >= 4 is 23.7 Å². The maximum absolute atomic E-state index is 12.0. The molecule has 0 bridgehead atoms. The number of pyridine rings is 1. The van der Waals surface area contributed by atoms with Gasteiger partial charge >= 0.3 is 0 Å². The molecule has 7 heteroatoms. The van der Waals surface area contributed by atoms with Crippen molar-refractivity contribution < 1.29 is 4.79 Å². The minimum Gasteiger partial charge on any atom is -0.268 e. The minimum atomic E-state index is -0.370. The van der Waals surface area contributed by atoms with E-state index < -0.39 is 0 Å². The minimum absolute atomic E-state index is 0.298. The van der Waals surface area contributed by atoms with Crippen LogP contribution in [0.3, 0.4) is 0 Å². The van der Waals surface area contributed by atoms with Crippen LogP contribution in [0.4, 0.5) is 0 Å². The van der Waals surface area contributed by atoms with Crippen LogP contribution in [0.25, 0.3) is 0 Å². The molecule has 3 aromatic rings. The molecular formula is C17H14ClN5O. The van der Waals surface area contributed by atoms with Crippen molar-refractivity contribution in [3.63, 3.8) is 0 Å². The van der Waals surface area contributed by atoms with E-state index in [2.05, 4.69) is 20.6 Å². The van der Waals surface area contributed by atoms with E-state index in [1.165, 1.54) is 6.21 Å². The van der Waals surface area contributed by atoms with Crippen molar-refractivity contribution in [2.75, 3.05) is 0 Å². The fourth-order valence-electron chi connectivity index (χ4n) is 2.02. The highest BCUT2D eigenvalue weighted by atomic mass is 35.5. The van der Waals surface area contributed by atoms with Crippen LogP contribution >= 0.6 is 11.6 Å². The standard InChI is InChI=1S/C17H14ClN5O/c18-15-5-3-13(4-6-15)12-23-9-7-16(22-23)17(24)21-20-11-14-2-1-8-19-10-14/h1-11H,12H2,(H,21,24)/b20-11-. The average Bonchev–Trinajstić information content (AvgIpc) is 3.06. The normalized spacial score (nSPS) is 10.9. The number of hydrazone groups is 1. The Hall–Kier alpha value is -2.99. The third-order valence-corrected chi connectivity index (χ3v) is 3.45. The predicted octanol–water partition coefficient (Wildman–Crippen LogP) is 2.74. The number of hydrogen-bond donors (Lipinski definition) is 1. The molecular weight excluding hydrogens is 326 g/mol. The van der Waals surface area contributed by atoms with Crippen molar-refractivity contribution in [2.45, 2.75) is 6.54 Å². The number of benzene rings is 1. The summed E-state index contributed by atoms with van der Waals surface area (Å²) in [6.45, 7) is 0.559. The average molecular weight is 340 g/mol. The lowest BCUT2D eigenvalue weighted by Gasteiger charge is -2.02. The SMILES string of the molecule is O=C(N/N=C\c1cccnc1)c1ccn(Cc2ccc(Cl)cc2)n1. The predicted molar refractivity (Wildman–Crippen MR) is 92.1 cm³/mol. The summed E-state index contributed by atoms with van der Waals surface area (Å²) in [4.78, 5) is 16.0. The lowest BCUT2D eigenvalue weighted by molar-refractivity contribution is 0.0949. The van der Waals surface area contributed by atoms with Gasteiger partial charge in [-0.25, -0.2) is 5.43 Å². The van der Waals surface area contributed by atoms with Gasteiger partial charge < -0.3 is 0 Å². The number of rotatable bonds is 5. The highest BCUT2D eigenvalue weighted by Crippen LogP contribution is 2.10. The van der Waals surface area contributed by atoms with Gasteiger partial charge in [0, 0.05) is 29.2 Å². The first kappa shape index (κ1) is 15.9. The molecule has 0 unspecified atom stereocenters. The van der Waals surface area contributed by atoms with Crippen molar-refractivity contribution in [1.82, 2.24) is 20.2 Å². The summed E-state index contributed by atoms with van der Waals surface area (Å²) in [6, 6.07) is 12.8. The molecule has 0 atom stereocenters. The Morgan fingerprint density at radius 3 is 2.83 bits per heavy atom. The smallest absolute Gasteiger partial charge is 0.268 e. The van der Waals surface area contributed by atoms with Crippen LogP contribution in [0, 0.1) is 0 Å². The van der Waals surface area contributed by atoms with Gasteiger partial charge in [-0.1, -0.05) is 29.8 Å². The number of amides is 1. The van der Waals surface area contributed by atoms with Crippen LogP contribution < -0.4 is 5.43 Å². The summed E-state index contributed by atoms with van der Waals surface area (Å²) in [5, 5.41) is 8.82. The zero-order chi connectivity index (χ0) is 16.8. The van der Waals surface area contributed by atoms with E-state index in [0.29, 0.717) is 17.3 Å². The molecule has 0 saturated heterocycles. The Balaban J connectivity index is 1.59. The first-order valence-electron chi connectivity index (χ1n) is 7.22. The lowest BCUT2D eigenvalue weighted by Crippen LogP contribution is -2.18. The Morgan fingerprint density at radius 1 is 1.25 bits per heavy atom. The molecule has 0 fully saturated rings. The summed E-state index contributed by atoms with van der Waals surface area (Å²) >= 11 is 5.86. The van der Waals surface area contributed by atoms with Crippen molar-refractivity contribution in [2.24, 2.45) is 5.10 Å². The summed E-state index contributed by atoms with van der Waals surface area (Å²) in [5.74, 6) is -0.370. The molecule has 0 aliphatic carbocycles. The van der Waals surface area contributed by atoms with E-state index >= 15 is 0 Å². The van der Waals surface area contributed by atoms with Gasteiger partial charge in [-0.05, 0) is 29.8 Å².